The van der Waals surface area contributed by atoms with Crippen LogP contribution in [0.15, 0.2) is 57.2 Å². The van der Waals surface area contributed by atoms with Gasteiger partial charge in [0.05, 0.1) is 16.8 Å². The van der Waals surface area contributed by atoms with Crippen LogP contribution in [-0.4, -0.2) is 37.0 Å². The lowest BCUT2D eigenvalue weighted by molar-refractivity contribution is 0.424. The molecule has 0 radical (unpaired) electrons. The van der Waals surface area contributed by atoms with Gasteiger partial charge in [0.25, 0.3) is 0 Å². The summed E-state index contributed by atoms with van der Waals surface area (Å²) in [7, 11) is -3.43. The second-order valence-corrected chi connectivity index (χ2v) is 10.5. The normalized spacial score (nSPS) is 16.1. The molecule has 1 aliphatic rings. The molecule has 29 heavy (non-hydrogen) atoms. The van der Waals surface area contributed by atoms with Gasteiger partial charge in [-0.1, -0.05) is 31.0 Å². The highest BCUT2D eigenvalue weighted by Crippen LogP contribution is 2.27. The van der Waals surface area contributed by atoms with Crippen LogP contribution in [0.2, 0.25) is 0 Å². The van der Waals surface area contributed by atoms with E-state index in [1.165, 1.54) is 11.3 Å². The summed E-state index contributed by atoms with van der Waals surface area (Å²) in [6.07, 6.45) is 5.82. The molecule has 0 saturated carbocycles. The van der Waals surface area contributed by atoms with Crippen LogP contribution in [0, 0.1) is 0 Å². The second kappa shape index (κ2) is 9.17. The molecule has 1 N–H and O–H groups in total. The minimum absolute atomic E-state index is 0.345. The largest absolute Gasteiger partial charge is 0.253 e. The Hall–Kier alpha value is -2.07. The fourth-order valence-electron chi connectivity index (χ4n) is 3.20. The van der Waals surface area contributed by atoms with Gasteiger partial charge < -0.3 is 0 Å². The molecule has 0 aliphatic carbocycles. The van der Waals surface area contributed by atoms with Crippen molar-refractivity contribution in [3.05, 3.63) is 52.0 Å². The van der Waals surface area contributed by atoms with Crippen LogP contribution < -0.4 is 5.43 Å². The van der Waals surface area contributed by atoms with Gasteiger partial charge in [-0.2, -0.15) is 9.41 Å². The molecule has 3 heterocycles. The molecule has 0 unspecified atom stereocenters. The molecule has 1 saturated heterocycles. The van der Waals surface area contributed by atoms with Crippen molar-refractivity contribution < 1.29 is 8.42 Å². The number of hydrogen-bond acceptors (Lipinski definition) is 7. The third-order valence-electron chi connectivity index (χ3n) is 4.75. The zero-order valence-electron chi connectivity index (χ0n) is 15.8. The van der Waals surface area contributed by atoms with Crippen LogP contribution in [0.3, 0.4) is 0 Å². The van der Waals surface area contributed by atoms with Crippen LogP contribution in [0.1, 0.15) is 30.6 Å². The number of sulfonamides is 1. The summed E-state index contributed by atoms with van der Waals surface area (Å²) in [5.41, 5.74) is 4.61. The van der Waals surface area contributed by atoms with E-state index in [2.05, 4.69) is 15.5 Å². The lowest BCUT2D eigenvalue weighted by Gasteiger charge is -2.19. The predicted octanol–water partition coefficient (Wildman–Crippen LogP) is 4.88. The van der Waals surface area contributed by atoms with Gasteiger partial charge in [-0.25, -0.2) is 13.4 Å². The van der Waals surface area contributed by atoms with Gasteiger partial charge in [0.1, 0.15) is 0 Å². The van der Waals surface area contributed by atoms with Crippen LogP contribution in [0.5, 0.6) is 0 Å². The van der Waals surface area contributed by atoms with E-state index in [9.17, 15) is 8.42 Å². The van der Waals surface area contributed by atoms with E-state index in [-0.39, 0.29) is 0 Å². The van der Waals surface area contributed by atoms with Crippen molar-refractivity contribution >= 4 is 44.0 Å². The van der Waals surface area contributed by atoms with Gasteiger partial charge in [0.2, 0.25) is 15.2 Å². The van der Waals surface area contributed by atoms with E-state index in [0.29, 0.717) is 23.1 Å². The minimum Gasteiger partial charge on any atom is -0.253 e. The summed E-state index contributed by atoms with van der Waals surface area (Å²) in [5.74, 6) is 0. The summed E-state index contributed by atoms with van der Waals surface area (Å²) in [5, 5.41) is 8.82. The van der Waals surface area contributed by atoms with Crippen molar-refractivity contribution in [2.75, 3.05) is 18.5 Å². The minimum atomic E-state index is -3.43. The smallest absolute Gasteiger partial charge is 0.243 e. The van der Waals surface area contributed by atoms with E-state index in [1.807, 2.05) is 35.0 Å². The summed E-state index contributed by atoms with van der Waals surface area (Å²) in [6.45, 7) is 1.22. The topological polar surface area (TPSA) is 74.7 Å². The molecule has 152 valence electrons. The maximum Gasteiger partial charge on any atom is 0.243 e. The Morgan fingerprint density at radius 2 is 1.79 bits per heavy atom. The van der Waals surface area contributed by atoms with E-state index in [0.717, 1.165) is 41.8 Å². The Balaban J connectivity index is 1.44. The summed E-state index contributed by atoms with van der Waals surface area (Å²) in [6, 6.07) is 11.0. The predicted molar refractivity (Wildman–Crippen MR) is 120 cm³/mol. The maximum absolute atomic E-state index is 12.9. The van der Waals surface area contributed by atoms with Crippen LogP contribution >= 0.6 is 22.7 Å². The highest BCUT2D eigenvalue weighted by atomic mass is 32.2. The van der Waals surface area contributed by atoms with Crippen molar-refractivity contribution in [1.29, 1.82) is 0 Å². The Bertz CT molecular complexity index is 1050. The molecule has 9 heteroatoms. The van der Waals surface area contributed by atoms with Crippen LogP contribution in [-0.2, 0) is 10.0 Å². The van der Waals surface area contributed by atoms with Gasteiger partial charge >= 0.3 is 0 Å². The molecular formula is C20H22N4O2S3. The van der Waals surface area contributed by atoms with E-state index < -0.39 is 10.0 Å². The molecule has 0 bridgehead atoms. The zero-order chi connectivity index (χ0) is 20.1. The number of nitrogens with zero attached hydrogens (tertiary/aromatic N) is 3. The summed E-state index contributed by atoms with van der Waals surface area (Å²) in [4.78, 5) is 5.94. The van der Waals surface area contributed by atoms with Crippen molar-refractivity contribution in [3.8, 4) is 11.3 Å². The Kier molecular flexibility index (Phi) is 6.39. The van der Waals surface area contributed by atoms with Crippen LogP contribution in [0.25, 0.3) is 11.3 Å². The number of rotatable bonds is 6. The first-order chi connectivity index (χ1) is 14.1. The maximum atomic E-state index is 12.9. The van der Waals surface area contributed by atoms with Crippen molar-refractivity contribution in [1.82, 2.24) is 9.29 Å². The lowest BCUT2D eigenvalue weighted by atomic mass is 10.2. The average Bonchev–Trinajstić information content (AvgIpc) is 3.34. The molecular weight excluding hydrogens is 424 g/mol. The monoisotopic (exact) mass is 446 g/mol. The molecule has 6 nitrogen and oxygen atoms in total. The highest BCUT2D eigenvalue weighted by Gasteiger charge is 2.25. The second-order valence-electron chi connectivity index (χ2n) is 6.77. The summed E-state index contributed by atoms with van der Waals surface area (Å²) >= 11 is 3.07. The molecule has 4 rings (SSSR count). The average molecular weight is 447 g/mol. The number of hydrogen-bond donors (Lipinski definition) is 1. The molecule has 1 fully saturated rings. The number of thiophene rings is 1. The fraction of sp³-hybridized carbons (Fsp3) is 0.300. The highest BCUT2D eigenvalue weighted by molar-refractivity contribution is 7.89. The number of hydrazone groups is 1. The van der Waals surface area contributed by atoms with Gasteiger partial charge in [-0.15, -0.1) is 22.7 Å². The number of benzene rings is 1. The Morgan fingerprint density at radius 3 is 2.48 bits per heavy atom. The first-order valence-electron chi connectivity index (χ1n) is 9.52. The Morgan fingerprint density at radius 1 is 1.03 bits per heavy atom. The van der Waals surface area contributed by atoms with Crippen LogP contribution in [0.4, 0.5) is 5.13 Å². The molecule has 1 aromatic carbocycles. The number of nitrogens with one attached hydrogen (secondary N) is 1. The SMILES string of the molecule is O=S(=O)(c1ccc(-c2csc(N/N=C/c3cccs3)n2)cc1)N1CCCCCC1. The molecule has 0 spiro atoms. The fourth-order valence-corrected chi connectivity index (χ4v) is 5.97. The molecule has 2 aromatic heterocycles. The van der Waals surface area contributed by atoms with E-state index in [1.54, 1.807) is 34.0 Å². The van der Waals surface area contributed by atoms with Gasteiger partial charge in [-0.05, 0) is 36.4 Å². The first kappa shape index (κ1) is 20.2. The van der Waals surface area contributed by atoms with Gasteiger partial charge in [-0.3, -0.25) is 5.43 Å². The van der Waals surface area contributed by atoms with Gasteiger partial charge in [0, 0.05) is 28.9 Å². The third kappa shape index (κ3) is 4.92. The standard InChI is InChI=1S/C20H22N4O2S3/c25-29(26,24-11-3-1-2-4-12-24)18-9-7-16(8-10-18)19-15-28-20(22-19)23-21-14-17-6-5-13-27-17/h5-10,13-15H,1-4,11-12H2,(H,22,23)/b21-14+. The number of anilines is 1. The molecule has 3 aromatic rings. The van der Waals surface area contributed by atoms with E-state index in [4.69, 9.17) is 0 Å². The van der Waals surface area contributed by atoms with E-state index >= 15 is 0 Å². The third-order valence-corrected chi connectivity index (χ3v) is 8.22. The first-order valence-corrected chi connectivity index (χ1v) is 12.7. The zero-order valence-corrected chi connectivity index (χ0v) is 18.3. The molecule has 0 atom stereocenters. The molecule has 0 amide bonds. The quantitative estimate of drug-likeness (QED) is 0.432. The lowest BCUT2D eigenvalue weighted by Crippen LogP contribution is -2.31. The number of aromatic nitrogens is 1. The van der Waals surface area contributed by atoms with Gasteiger partial charge in [0.15, 0.2) is 0 Å². The van der Waals surface area contributed by atoms with Crippen molar-refractivity contribution in [2.45, 2.75) is 30.6 Å². The Labute approximate surface area is 179 Å². The van der Waals surface area contributed by atoms with Crippen molar-refractivity contribution in [2.24, 2.45) is 5.10 Å². The summed E-state index contributed by atoms with van der Waals surface area (Å²) < 4.78 is 27.4. The molecule has 1 aliphatic heterocycles. The van der Waals surface area contributed by atoms with Crippen molar-refractivity contribution in [3.63, 3.8) is 0 Å². The number of thiazole rings is 1.